The van der Waals surface area contributed by atoms with Gasteiger partial charge in [-0.15, -0.1) is 10.2 Å². The molecule has 1 heterocycles. The molecule has 1 aromatic heterocycles. The van der Waals surface area contributed by atoms with E-state index in [1.54, 1.807) is 0 Å². The molecule has 0 spiro atoms. The number of aromatic nitrogens is 2. The van der Waals surface area contributed by atoms with Crippen molar-refractivity contribution >= 4 is 39.8 Å². The molecule has 0 fully saturated rings. The van der Waals surface area contributed by atoms with Gasteiger partial charge >= 0.3 is 0 Å². The van der Waals surface area contributed by atoms with Crippen LogP contribution < -0.4 is 10.6 Å². The third-order valence-electron chi connectivity index (χ3n) is 2.99. The van der Waals surface area contributed by atoms with E-state index in [0.29, 0.717) is 6.54 Å². The van der Waals surface area contributed by atoms with E-state index >= 15 is 0 Å². The molecule has 0 unspecified atom stereocenters. The van der Waals surface area contributed by atoms with Gasteiger partial charge in [0.1, 0.15) is 0 Å². The molecule has 0 saturated heterocycles. The zero-order valence-electron chi connectivity index (χ0n) is 12.9. The number of benzene rings is 1. The van der Waals surface area contributed by atoms with Gasteiger partial charge in [-0.1, -0.05) is 48.2 Å². The second-order valence-corrected chi connectivity index (χ2v) is 7.43. The largest absolute Gasteiger partial charge is 0.355 e. The van der Waals surface area contributed by atoms with Gasteiger partial charge in [-0.2, -0.15) is 0 Å². The maximum absolute atomic E-state index is 11.9. The Balaban J connectivity index is 1.94. The molecular formula is C15H20N4OS2. The fourth-order valence-electron chi connectivity index (χ4n) is 1.73. The molecule has 0 aliphatic carbocycles. The van der Waals surface area contributed by atoms with Crippen LogP contribution in [0.3, 0.4) is 0 Å². The number of amides is 1. The minimum Gasteiger partial charge on any atom is -0.355 e. The average Bonchev–Trinajstić information content (AvgIpc) is 2.94. The summed E-state index contributed by atoms with van der Waals surface area (Å²) in [6.45, 7) is 6.66. The predicted octanol–water partition coefficient (Wildman–Crippen LogP) is 3.60. The molecule has 2 N–H and O–H groups in total. The van der Waals surface area contributed by atoms with E-state index in [4.69, 9.17) is 0 Å². The molecule has 2 aromatic rings. The second kappa shape index (κ2) is 8.14. The van der Waals surface area contributed by atoms with Crippen LogP contribution in [0.5, 0.6) is 0 Å². The third-order valence-corrected chi connectivity index (χ3v) is 5.01. The van der Waals surface area contributed by atoms with Crippen molar-refractivity contribution in [2.24, 2.45) is 0 Å². The van der Waals surface area contributed by atoms with Crippen molar-refractivity contribution in [3.05, 3.63) is 29.8 Å². The Morgan fingerprint density at radius 3 is 2.86 bits per heavy atom. The highest BCUT2D eigenvalue weighted by Crippen LogP contribution is 2.31. The SMILES string of the molecule is CCCNC(=O)[C@H](C)Sc1nnc(Nc2ccccc2C)s1. The lowest BCUT2D eigenvalue weighted by Crippen LogP contribution is -2.31. The molecule has 5 nitrogen and oxygen atoms in total. The Morgan fingerprint density at radius 2 is 2.14 bits per heavy atom. The zero-order valence-corrected chi connectivity index (χ0v) is 14.6. The normalized spacial score (nSPS) is 12.0. The van der Waals surface area contributed by atoms with E-state index in [2.05, 4.69) is 20.8 Å². The van der Waals surface area contributed by atoms with Crippen LogP contribution in [-0.2, 0) is 4.79 Å². The second-order valence-electron chi connectivity index (χ2n) is 4.86. The van der Waals surface area contributed by atoms with Gasteiger partial charge in [-0.25, -0.2) is 0 Å². The molecule has 0 radical (unpaired) electrons. The Hall–Kier alpha value is -1.60. The van der Waals surface area contributed by atoms with Crippen LogP contribution in [0.1, 0.15) is 25.8 Å². The molecule has 7 heteroatoms. The van der Waals surface area contributed by atoms with E-state index in [0.717, 1.165) is 27.1 Å². The number of anilines is 2. The fraction of sp³-hybridized carbons (Fsp3) is 0.400. The molecule has 22 heavy (non-hydrogen) atoms. The first kappa shape index (κ1) is 16.8. The highest BCUT2D eigenvalue weighted by atomic mass is 32.2. The maximum atomic E-state index is 11.9. The Bertz CT molecular complexity index is 630. The lowest BCUT2D eigenvalue weighted by molar-refractivity contribution is -0.120. The number of carbonyl (C=O) groups excluding carboxylic acids is 1. The van der Waals surface area contributed by atoms with Crippen molar-refractivity contribution in [2.45, 2.75) is 36.8 Å². The van der Waals surface area contributed by atoms with Gasteiger partial charge in [0.05, 0.1) is 5.25 Å². The van der Waals surface area contributed by atoms with Crippen molar-refractivity contribution in [1.82, 2.24) is 15.5 Å². The summed E-state index contributed by atoms with van der Waals surface area (Å²) in [7, 11) is 0. The van der Waals surface area contributed by atoms with E-state index in [1.165, 1.54) is 23.1 Å². The fourth-order valence-corrected chi connectivity index (χ4v) is 3.67. The minimum absolute atomic E-state index is 0.0375. The van der Waals surface area contributed by atoms with E-state index in [1.807, 2.05) is 45.0 Å². The number of rotatable bonds is 7. The average molecular weight is 336 g/mol. The van der Waals surface area contributed by atoms with Crippen molar-refractivity contribution < 1.29 is 4.79 Å². The summed E-state index contributed by atoms with van der Waals surface area (Å²) in [6.07, 6.45) is 0.937. The van der Waals surface area contributed by atoms with Crippen molar-refractivity contribution in [3.8, 4) is 0 Å². The predicted molar refractivity (Wildman–Crippen MR) is 93.0 cm³/mol. The van der Waals surface area contributed by atoms with Crippen molar-refractivity contribution in [2.75, 3.05) is 11.9 Å². The Morgan fingerprint density at radius 1 is 1.36 bits per heavy atom. The van der Waals surface area contributed by atoms with Crippen LogP contribution in [-0.4, -0.2) is 27.9 Å². The molecule has 1 atom stereocenters. The first-order chi connectivity index (χ1) is 10.6. The quantitative estimate of drug-likeness (QED) is 0.756. The summed E-state index contributed by atoms with van der Waals surface area (Å²) < 4.78 is 0.787. The zero-order chi connectivity index (χ0) is 15.9. The smallest absolute Gasteiger partial charge is 0.233 e. The molecule has 1 aromatic carbocycles. The van der Waals surface area contributed by atoms with Crippen LogP contribution in [0, 0.1) is 6.92 Å². The van der Waals surface area contributed by atoms with Gasteiger partial charge in [0.15, 0.2) is 4.34 Å². The van der Waals surface area contributed by atoms with Crippen LogP contribution in [0.4, 0.5) is 10.8 Å². The summed E-state index contributed by atoms with van der Waals surface area (Å²) >= 11 is 2.89. The van der Waals surface area contributed by atoms with E-state index < -0.39 is 0 Å². The van der Waals surface area contributed by atoms with Gasteiger partial charge in [0, 0.05) is 12.2 Å². The molecule has 0 aliphatic heterocycles. The summed E-state index contributed by atoms with van der Waals surface area (Å²) in [5.41, 5.74) is 2.17. The molecule has 2 rings (SSSR count). The number of nitrogens with zero attached hydrogens (tertiary/aromatic N) is 2. The molecule has 118 valence electrons. The maximum Gasteiger partial charge on any atom is 0.233 e. The summed E-state index contributed by atoms with van der Waals surface area (Å²) in [6, 6.07) is 8.02. The number of hydrogen-bond donors (Lipinski definition) is 2. The van der Waals surface area contributed by atoms with Gasteiger partial charge in [0.25, 0.3) is 0 Å². The van der Waals surface area contributed by atoms with Gasteiger partial charge in [0.2, 0.25) is 11.0 Å². The first-order valence-corrected chi connectivity index (χ1v) is 8.90. The molecule has 0 aliphatic rings. The number of carbonyl (C=O) groups is 1. The number of nitrogens with one attached hydrogen (secondary N) is 2. The standard InChI is InChI=1S/C15H20N4OS2/c1-4-9-16-13(20)11(3)21-15-19-18-14(22-15)17-12-8-6-5-7-10(12)2/h5-8,11H,4,9H2,1-3H3,(H,16,20)(H,17,18)/t11-/m0/s1. The summed E-state index contributed by atoms with van der Waals surface area (Å²) in [5.74, 6) is 0.0375. The molecule has 1 amide bonds. The Kier molecular flexibility index (Phi) is 6.21. The number of hydrogen-bond acceptors (Lipinski definition) is 6. The minimum atomic E-state index is -0.175. The summed E-state index contributed by atoms with van der Waals surface area (Å²) in [5, 5.41) is 15.0. The number of thioether (sulfide) groups is 1. The van der Waals surface area contributed by atoms with E-state index in [-0.39, 0.29) is 11.2 Å². The van der Waals surface area contributed by atoms with Crippen LogP contribution in [0.2, 0.25) is 0 Å². The molecule has 0 saturated carbocycles. The van der Waals surface area contributed by atoms with Gasteiger partial charge in [-0.05, 0) is 31.9 Å². The van der Waals surface area contributed by atoms with Gasteiger partial charge < -0.3 is 10.6 Å². The van der Waals surface area contributed by atoms with Crippen molar-refractivity contribution in [1.29, 1.82) is 0 Å². The van der Waals surface area contributed by atoms with Crippen molar-refractivity contribution in [3.63, 3.8) is 0 Å². The van der Waals surface area contributed by atoms with Crippen LogP contribution in [0.15, 0.2) is 28.6 Å². The summed E-state index contributed by atoms with van der Waals surface area (Å²) in [4.78, 5) is 11.9. The van der Waals surface area contributed by atoms with Gasteiger partial charge in [-0.3, -0.25) is 4.79 Å². The lowest BCUT2D eigenvalue weighted by atomic mass is 10.2. The number of aryl methyl sites for hydroxylation is 1. The van der Waals surface area contributed by atoms with E-state index in [9.17, 15) is 4.79 Å². The van der Waals surface area contributed by atoms with Crippen LogP contribution in [0.25, 0.3) is 0 Å². The lowest BCUT2D eigenvalue weighted by Gasteiger charge is -2.08. The third kappa shape index (κ3) is 4.71. The number of para-hydroxylation sites is 1. The highest BCUT2D eigenvalue weighted by molar-refractivity contribution is 8.02. The molecular weight excluding hydrogens is 316 g/mol. The van der Waals surface area contributed by atoms with Crippen LogP contribution >= 0.6 is 23.1 Å². The topological polar surface area (TPSA) is 66.9 Å². The Labute approximate surface area is 138 Å². The first-order valence-electron chi connectivity index (χ1n) is 7.20. The monoisotopic (exact) mass is 336 g/mol. The highest BCUT2D eigenvalue weighted by Gasteiger charge is 2.16. The molecule has 0 bridgehead atoms.